The van der Waals surface area contributed by atoms with E-state index in [0.29, 0.717) is 0 Å². The Morgan fingerprint density at radius 1 is 1.62 bits per heavy atom. The molecule has 1 aliphatic rings. The zero-order chi connectivity index (χ0) is 9.62. The standard InChI is InChI=1S/C3H8N2O2S/c6-8(7)2-1-4-3-5-8/h4-5H,1-3H2/i1D2,2D2. The van der Waals surface area contributed by atoms with E-state index >= 15 is 0 Å². The van der Waals surface area contributed by atoms with Gasteiger partial charge < -0.3 is 5.32 Å². The van der Waals surface area contributed by atoms with Crippen molar-refractivity contribution in [2.24, 2.45) is 0 Å². The van der Waals surface area contributed by atoms with Crippen LogP contribution in [0.5, 0.6) is 0 Å². The van der Waals surface area contributed by atoms with Crippen LogP contribution in [0.15, 0.2) is 0 Å². The first-order chi connectivity index (χ1) is 5.21. The summed E-state index contributed by atoms with van der Waals surface area (Å²) in [5, 5.41) is 2.07. The molecule has 1 saturated heterocycles. The van der Waals surface area contributed by atoms with Gasteiger partial charge >= 0.3 is 0 Å². The van der Waals surface area contributed by atoms with Crippen LogP contribution in [0.4, 0.5) is 0 Å². The summed E-state index contributed by atoms with van der Waals surface area (Å²) in [5.41, 5.74) is -2.95. The maximum Gasteiger partial charge on any atom is 0.213 e. The van der Waals surface area contributed by atoms with E-state index in [1.165, 1.54) is 0 Å². The van der Waals surface area contributed by atoms with Crippen LogP contribution in [0.25, 0.3) is 0 Å². The fourth-order valence-corrected chi connectivity index (χ4v) is 0.856. The lowest BCUT2D eigenvalue weighted by atomic mass is 10.7. The number of rotatable bonds is 0. The highest BCUT2D eigenvalue weighted by atomic mass is 32.2. The molecule has 0 saturated carbocycles. The van der Waals surface area contributed by atoms with Gasteiger partial charge in [-0.1, -0.05) is 0 Å². The lowest BCUT2D eigenvalue weighted by Gasteiger charge is -2.12. The van der Waals surface area contributed by atoms with Crippen molar-refractivity contribution < 1.29 is 13.9 Å². The number of nitrogens with one attached hydrogen (secondary N) is 2. The third kappa shape index (κ3) is 1.43. The van der Waals surface area contributed by atoms with E-state index in [1.807, 2.05) is 4.72 Å². The molecule has 0 radical (unpaired) electrons. The van der Waals surface area contributed by atoms with Gasteiger partial charge in [-0.15, -0.1) is 0 Å². The van der Waals surface area contributed by atoms with Gasteiger partial charge in [-0.2, -0.15) is 0 Å². The van der Waals surface area contributed by atoms with E-state index in [-0.39, 0.29) is 6.67 Å². The lowest BCUT2D eigenvalue weighted by Crippen LogP contribution is -2.44. The first kappa shape index (κ1) is 2.64. The van der Waals surface area contributed by atoms with Gasteiger partial charge in [-0.05, 0) is 0 Å². The van der Waals surface area contributed by atoms with Crippen LogP contribution in [0.3, 0.4) is 0 Å². The summed E-state index contributed by atoms with van der Waals surface area (Å²) in [5.74, 6) is 0. The lowest BCUT2D eigenvalue weighted by molar-refractivity contribution is 0.551. The van der Waals surface area contributed by atoms with Crippen molar-refractivity contribution in [2.45, 2.75) is 0 Å². The van der Waals surface area contributed by atoms with Crippen LogP contribution in [-0.4, -0.2) is 27.3 Å². The molecule has 1 aliphatic heterocycles. The molecule has 0 aliphatic carbocycles. The van der Waals surface area contributed by atoms with E-state index in [0.717, 1.165) is 0 Å². The minimum absolute atomic E-state index is 0.297. The summed E-state index contributed by atoms with van der Waals surface area (Å²) in [6.07, 6.45) is 0. The summed E-state index contributed by atoms with van der Waals surface area (Å²) >= 11 is 0. The minimum atomic E-state index is -4.22. The molecule has 48 valence electrons. The molecular weight excluding hydrogens is 128 g/mol. The van der Waals surface area contributed by atoms with Crippen LogP contribution in [0.1, 0.15) is 5.48 Å². The Morgan fingerprint density at radius 2 is 2.38 bits per heavy atom. The quantitative estimate of drug-likeness (QED) is 0.429. The summed E-state index contributed by atoms with van der Waals surface area (Å²) in [6, 6.07) is 0. The average Bonchev–Trinajstić information content (AvgIpc) is 1.83. The fourth-order valence-electron chi connectivity index (χ4n) is 0.315. The zero-order valence-electron chi connectivity index (χ0n) is 7.93. The summed E-state index contributed by atoms with van der Waals surface area (Å²) in [7, 11) is -4.22. The fraction of sp³-hybridized carbons (Fsp3) is 1.00. The van der Waals surface area contributed by atoms with Gasteiger partial charge in [-0.25, -0.2) is 13.1 Å². The van der Waals surface area contributed by atoms with Crippen molar-refractivity contribution in [1.82, 2.24) is 10.0 Å². The molecule has 0 spiro atoms. The Hall–Kier alpha value is -0.130. The van der Waals surface area contributed by atoms with Crippen LogP contribution in [0.2, 0.25) is 0 Å². The second-order valence-corrected chi connectivity index (χ2v) is 2.73. The average molecular weight is 140 g/mol. The van der Waals surface area contributed by atoms with Crippen LogP contribution >= 0.6 is 0 Å². The minimum Gasteiger partial charge on any atom is -0.303 e. The Balaban J connectivity index is 3.16. The largest absolute Gasteiger partial charge is 0.303 e. The molecular formula is C3H8N2O2S. The molecule has 5 heteroatoms. The van der Waals surface area contributed by atoms with E-state index in [2.05, 4.69) is 5.32 Å². The summed E-state index contributed by atoms with van der Waals surface area (Å²) < 4.78 is 51.9. The van der Waals surface area contributed by atoms with Crippen LogP contribution in [-0.2, 0) is 10.0 Å². The van der Waals surface area contributed by atoms with E-state index in [4.69, 9.17) is 5.48 Å². The topological polar surface area (TPSA) is 58.2 Å². The summed E-state index contributed by atoms with van der Waals surface area (Å²) in [4.78, 5) is 0. The van der Waals surface area contributed by atoms with Crippen molar-refractivity contribution in [3.8, 4) is 0 Å². The highest BCUT2D eigenvalue weighted by Gasteiger charge is 2.12. The molecule has 1 heterocycles. The molecule has 0 aromatic rings. The SMILES string of the molecule is [2H]C1([2H])NCNS(=O)(=O)C1([2H])[2H]. The molecule has 0 unspecified atom stereocenters. The Kier molecular flexibility index (Phi) is 0.660. The maximum absolute atomic E-state index is 11.0. The molecule has 2 N–H and O–H groups in total. The predicted octanol–water partition coefficient (Wildman–Crippen LogP) is -1.53. The number of hydrogen-bond acceptors (Lipinski definition) is 3. The predicted molar refractivity (Wildman–Crippen MR) is 29.8 cm³/mol. The highest BCUT2D eigenvalue weighted by Crippen LogP contribution is 1.84. The second kappa shape index (κ2) is 2.00. The van der Waals surface area contributed by atoms with Crippen molar-refractivity contribution in [1.29, 1.82) is 0 Å². The van der Waals surface area contributed by atoms with Gasteiger partial charge in [0, 0.05) is 12.0 Å². The van der Waals surface area contributed by atoms with E-state index in [9.17, 15) is 8.42 Å². The first-order valence-electron chi connectivity index (χ1n) is 3.95. The molecule has 0 amide bonds. The van der Waals surface area contributed by atoms with Crippen molar-refractivity contribution in [2.75, 3.05) is 18.9 Å². The molecule has 0 aromatic carbocycles. The first-order valence-corrected chi connectivity index (χ1v) is 3.43. The van der Waals surface area contributed by atoms with Crippen molar-refractivity contribution in [3.63, 3.8) is 0 Å². The number of hydrogen-bond donors (Lipinski definition) is 2. The van der Waals surface area contributed by atoms with Crippen LogP contribution in [0, 0.1) is 0 Å². The smallest absolute Gasteiger partial charge is 0.213 e. The van der Waals surface area contributed by atoms with Crippen molar-refractivity contribution in [3.05, 3.63) is 0 Å². The molecule has 4 nitrogen and oxygen atoms in total. The highest BCUT2D eigenvalue weighted by molar-refractivity contribution is 7.89. The van der Waals surface area contributed by atoms with Gasteiger partial charge in [0.15, 0.2) is 0 Å². The van der Waals surface area contributed by atoms with Gasteiger partial charge in [0.1, 0.15) is 0 Å². The van der Waals surface area contributed by atoms with Gasteiger partial charge in [-0.3, -0.25) is 0 Å². The molecule has 1 fully saturated rings. The molecule has 0 aromatic heterocycles. The number of sulfonamides is 1. The van der Waals surface area contributed by atoms with Gasteiger partial charge in [0.2, 0.25) is 10.0 Å². The van der Waals surface area contributed by atoms with Gasteiger partial charge in [0.25, 0.3) is 0 Å². The van der Waals surface area contributed by atoms with E-state index in [1.54, 1.807) is 0 Å². The molecule has 0 bridgehead atoms. The molecule has 0 atom stereocenters. The Labute approximate surface area is 53.9 Å². The monoisotopic (exact) mass is 140 g/mol. The van der Waals surface area contributed by atoms with E-state index < -0.39 is 22.2 Å². The Bertz CT molecular complexity index is 287. The zero-order valence-corrected chi connectivity index (χ0v) is 4.75. The third-order valence-electron chi connectivity index (χ3n) is 0.624. The van der Waals surface area contributed by atoms with Crippen LogP contribution < -0.4 is 10.0 Å². The van der Waals surface area contributed by atoms with Gasteiger partial charge in [0.05, 0.1) is 12.4 Å². The second-order valence-electron chi connectivity index (χ2n) is 1.23. The maximum atomic E-state index is 11.0. The Morgan fingerprint density at radius 3 is 2.88 bits per heavy atom. The normalized spacial score (nSPS) is 47.5. The summed E-state index contributed by atoms with van der Waals surface area (Å²) in [6.45, 7) is -2.86. The molecule has 8 heavy (non-hydrogen) atoms. The van der Waals surface area contributed by atoms with Crippen molar-refractivity contribution >= 4 is 10.0 Å². The third-order valence-corrected chi connectivity index (χ3v) is 1.52. The molecule has 1 rings (SSSR count).